The molecular weight excluding hydrogens is 162 g/mol. The summed E-state index contributed by atoms with van der Waals surface area (Å²) in [5, 5.41) is 0. The van der Waals surface area contributed by atoms with Crippen molar-refractivity contribution >= 4 is 0 Å². The molecule has 1 fully saturated rings. The van der Waals surface area contributed by atoms with Gasteiger partial charge in [-0.3, -0.25) is 4.90 Å². The molecule has 0 aliphatic carbocycles. The first-order valence-electron chi connectivity index (χ1n) is 4.86. The van der Waals surface area contributed by atoms with Crippen molar-refractivity contribution in [1.82, 2.24) is 4.90 Å². The summed E-state index contributed by atoms with van der Waals surface area (Å²) in [4.78, 5) is 2.29. The highest BCUT2D eigenvalue weighted by atomic mass is 16.5. The Morgan fingerprint density at radius 1 is 1.38 bits per heavy atom. The Balaban J connectivity index is 2.55. The van der Waals surface area contributed by atoms with E-state index in [1.807, 2.05) is 0 Å². The van der Waals surface area contributed by atoms with Crippen molar-refractivity contribution in [3.05, 3.63) is 0 Å². The van der Waals surface area contributed by atoms with Gasteiger partial charge in [0.15, 0.2) is 0 Å². The third-order valence-corrected chi connectivity index (χ3v) is 2.97. The molecule has 0 radical (unpaired) electrons. The van der Waals surface area contributed by atoms with Crippen LogP contribution in [0, 0.1) is 12.3 Å². The predicted molar refractivity (Wildman–Crippen MR) is 54.5 cm³/mol. The Morgan fingerprint density at radius 2 is 1.92 bits per heavy atom. The molecule has 0 aromatic carbocycles. The van der Waals surface area contributed by atoms with Crippen LogP contribution in [0.25, 0.3) is 0 Å². The molecule has 0 aromatic heterocycles. The normalized spacial score (nSPS) is 20.2. The van der Waals surface area contributed by atoms with Gasteiger partial charge in [-0.05, 0) is 33.7 Å². The van der Waals surface area contributed by atoms with E-state index in [1.54, 1.807) is 0 Å². The molecule has 1 heterocycles. The number of ether oxygens (including phenoxy) is 1. The molecule has 0 aromatic rings. The second-order valence-corrected chi connectivity index (χ2v) is 4.16. The summed E-state index contributed by atoms with van der Waals surface area (Å²) in [6, 6.07) is 0.583. The van der Waals surface area contributed by atoms with Gasteiger partial charge in [0.1, 0.15) is 0 Å². The first-order valence-corrected chi connectivity index (χ1v) is 4.86. The SMILES string of the molecule is C#CC(C)(C)N(C)C1CCOCC1. The van der Waals surface area contributed by atoms with Crippen LogP contribution in [0.3, 0.4) is 0 Å². The zero-order valence-corrected chi connectivity index (χ0v) is 8.84. The van der Waals surface area contributed by atoms with Gasteiger partial charge >= 0.3 is 0 Å². The lowest BCUT2D eigenvalue weighted by atomic mass is 9.98. The summed E-state index contributed by atoms with van der Waals surface area (Å²) in [5.74, 6) is 2.82. The van der Waals surface area contributed by atoms with E-state index in [2.05, 4.69) is 31.7 Å². The lowest BCUT2D eigenvalue weighted by Crippen LogP contribution is -2.48. The molecular formula is C11H19NO. The fraction of sp³-hybridized carbons (Fsp3) is 0.818. The highest BCUT2D eigenvalue weighted by molar-refractivity contribution is 5.09. The second kappa shape index (κ2) is 4.13. The van der Waals surface area contributed by atoms with Gasteiger partial charge in [-0.2, -0.15) is 0 Å². The maximum absolute atomic E-state index is 5.49. The molecule has 0 spiro atoms. The maximum Gasteiger partial charge on any atom is 0.0766 e. The van der Waals surface area contributed by atoms with Crippen LogP contribution in [0.15, 0.2) is 0 Å². The van der Waals surface area contributed by atoms with Crippen LogP contribution < -0.4 is 0 Å². The Morgan fingerprint density at radius 3 is 2.38 bits per heavy atom. The summed E-state index contributed by atoms with van der Waals surface area (Å²) >= 11 is 0. The van der Waals surface area contributed by atoms with E-state index in [9.17, 15) is 0 Å². The van der Waals surface area contributed by atoms with Crippen molar-refractivity contribution in [1.29, 1.82) is 0 Å². The number of nitrogens with zero attached hydrogens (tertiary/aromatic N) is 1. The molecule has 13 heavy (non-hydrogen) atoms. The van der Waals surface area contributed by atoms with Crippen LogP contribution in [0.5, 0.6) is 0 Å². The molecule has 0 atom stereocenters. The Labute approximate surface area is 81.3 Å². The summed E-state index contributed by atoms with van der Waals surface area (Å²) in [7, 11) is 2.11. The fourth-order valence-corrected chi connectivity index (χ4v) is 1.63. The van der Waals surface area contributed by atoms with Gasteiger partial charge in [0.05, 0.1) is 5.54 Å². The van der Waals surface area contributed by atoms with E-state index in [4.69, 9.17) is 11.2 Å². The number of hydrogen-bond acceptors (Lipinski definition) is 2. The van der Waals surface area contributed by atoms with Crippen LogP contribution in [0.1, 0.15) is 26.7 Å². The average molecular weight is 181 g/mol. The van der Waals surface area contributed by atoms with Crippen LogP contribution >= 0.6 is 0 Å². The van der Waals surface area contributed by atoms with Crippen molar-refractivity contribution in [2.24, 2.45) is 0 Å². The molecule has 74 valence electrons. The van der Waals surface area contributed by atoms with Gasteiger partial charge in [0, 0.05) is 19.3 Å². The van der Waals surface area contributed by atoms with Gasteiger partial charge < -0.3 is 4.74 Å². The molecule has 1 aliphatic heterocycles. The van der Waals surface area contributed by atoms with Gasteiger partial charge in [-0.25, -0.2) is 0 Å². The zero-order valence-electron chi connectivity index (χ0n) is 8.84. The van der Waals surface area contributed by atoms with Crippen molar-refractivity contribution in [2.45, 2.75) is 38.3 Å². The summed E-state index contributed by atoms with van der Waals surface area (Å²) in [6.07, 6.45) is 7.69. The van der Waals surface area contributed by atoms with E-state index in [-0.39, 0.29) is 5.54 Å². The van der Waals surface area contributed by atoms with Gasteiger partial charge in [-0.1, -0.05) is 5.92 Å². The minimum atomic E-state index is -0.137. The number of rotatable bonds is 2. The average Bonchev–Trinajstić information content (AvgIpc) is 2.18. The first kappa shape index (κ1) is 10.6. The third-order valence-electron chi connectivity index (χ3n) is 2.97. The smallest absolute Gasteiger partial charge is 0.0766 e. The molecule has 0 unspecified atom stereocenters. The fourth-order valence-electron chi connectivity index (χ4n) is 1.63. The standard InChI is InChI=1S/C11H19NO/c1-5-11(2,3)12(4)10-6-8-13-9-7-10/h1,10H,6-9H2,2-4H3. The summed E-state index contributed by atoms with van der Waals surface area (Å²) in [5.41, 5.74) is -0.137. The van der Waals surface area contributed by atoms with E-state index in [0.717, 1.165) is 26.1 Å². The first-order chi connectivity index (χ1) is 6.08. The quantitative estimate of drug-likeness (QED) is 0.599. The number of hydrogen-bond donors (Lipinski definition) is 0. The van der Waals surface area contributed by atoms with Gasteiger partial charge in [0.25, 0.3) is 0 Å². The largest absolute Gasteiger partial charge is 0.381 e. The van der Waals surface area contributed by atoms with E-state index < -0.39 is 0 Å². The minimum Gasteiger partial charge on any atom is -0.381 e. The van der Waals surface area contributed by atoms with E-state index in [0.29, 0.717) is 6.04 Å². The predicted octanol–water partition coefficient (Wildman–Crippen LogP) is 1.51. The molecule has 1 aliphatic rings. The highest BCUT2D eigenvalue weighted by Crippen LogP contribution is 2.20. The Kier molecular flexibility index (Phi) is 3.35. The molecule has 0 saturated carbocycles. The van der Waals surface area contributed by atoms with Crippen LogP contribution in [0.4, 0.5) is 0 Å². The van der Waals surface area contributed by atoms with Crippen molar-refractivity contribution in [2.75, 3.05) is 20.3 Å². The summed E-state index contributed by atoms with van der Waals surface area (Å²) in [6.45, 7) is 5.91. The van der Waals surface area contributed by atoms with Crippen LogP contribution in [0.2, 0.25) is 0 Å². The zero-order chi connectivity index (χ0) is 9.90. The number of terminal acetylenes is 1. The van der Waals surface area contributed by atoms with Crippen LogP contribution in [-0.2, 0) is 4.74 Å². The molecule has 2 nitrogen and oxygen atoms in total. The van der Waals surface area contributed by atoms with Crippen molar-refractivity contribution in [3.8, 4) is 12.3 Å². The monoisotopic (exact) mass is 181 g/mol. The topological polar surface area (TPSA) is 12.5 Å². The lowest BCUT2D eigenvalue weighted by molar-refractivity contribution is 0.0215. The molecule has 1 saturated heterocycles. The maximum atomic E-state index is 5.49. The Hall–Kier alpha value is -0.520. The second-order valence-electron chi connectivity index (χ2n) is 4.16. The molecule has 1 rings (SSSR count). The molecule has 0 bridgehead atoms. The Bertz CT molecular complexity index is 199. The van der Waals surface area contributed by atoms with E-state index in [1.165, 1.54) is 0 Å². The molecule has 0 N–H and O–H groups in total. The van der Waals surface area contributed by atoms with Gasteiger partial charge in [-0.15, -0.1) is 6.42 Å². The molecule has 0 amide bonds. The molecule has 2 heteroatoms. The minimum absolute atomic E-state index is 0.137. The highest BCUT2D eigenvalue weighted by Gasteiger charge is 2.28. The third kappa shape index (κ3) is 2.46. The van der Waals surface area contributed by atoms with Gasteiger partial charge in [0.2, 0.25) is 0 Å². The van der Waals surface area contributed by atoms with E-state index >= 15 is 0 Å². The van der Waals surface area contributed by atoms with Crippen molar-refractivity contribution < 1.29 is 4.74 Å². The summed E-state index contributed by atoms with van der Waals surface area (Å²) < 4.78 is 5.32. The van der Waals surface area contributed by atoms with Crippen LogP contribution in [-0.4, -0.2) is 36.7 Å². The lowest BCUT2D eigenvalue weighted by Gasteiger charge is -2.39. The van der Waals surface area contributed by atoms with Crippen molar-refractivity contribution in [3.63, 3.8) is 0 Å².